The number of hydrogen-bond donors (Lipinski definition) is 1. The van der Waals surface area contributed by atoms with Crippen molar-refractivity contribution in [1.82, 2.24) is 8.75 Å². The van der Waals surface area contributed by atoms with E-state index in [2.05, 4.69) is 14.1 Å². The highest BCUT2D eigenvalue weighted by Crippen LogP contribution is 2.18. The van der Waals surface area contributed by atoms with Crippen LogP contribution in [0.5, 0.6) is 0 Å². The summed E-state index contributed by atoms with van der Waals surface area (Å²) in [5, 5.41) is 2.82. The zero-order valence-corrected chi connectivity index (χ0v) is 9.84. The molecule has 2 rings (SSSR count). The van der Waals surface area contributed by atoms with E-state index in [1.807, 2.05) is 32.0 Å². The van der Waals surface area contributed by atoms with Crippen LogP contribution in [0, 0.1) is 13.8 Å². The Bertz CT molecular complexity index is 508. The Morgan fingerprint density at radius 1 is 1.38 bits per heavy atom. The van der Waals surface area contributed by atoms with E-state index in [4.69, 9.17) is 0 Å². The molecule has 0 unspecified atom stereocenters. The summed E-state index contributed by atoms with van der Waals surface area (Å²) < 4.78 is 7.68. The smallest absolute Gasteiger partial charge is 0.277 e. The number of nitrogens with one attached hydrogen (secondary N) is 1. The van der Waals surface area contributed by atoms with Crippen molar-refractivity contribution in [3.63, 3.8) is 0 Å². The summed E-state index contributed by atoms with van der Waals surface area (Å²) in [7, 11) is 0. The van der Waals surface area contributed by atoms with Crippen LogP contribution in [0.4, 0.5) is 5.69 Å². The fraction of sp³-hybridized carbons (Fsp3) is 0.182. The highest BCUT2D eigenvalue weighted by Gasteiger charge is 2.10. The Balaban J connectivity index is 2.22. The zero-order valence-electron chi connectivity index (χ0n) is 9.02. The van der Waals surface area contributed by atoms with E-state index in [1.54, 1.807) is 0 Å². The van der Waals surface area contributed by atoms with Crippen LogP contribution in [0.1, 0.15) is 21.6 Å². The van der Waals surface area contributed by atoms with Gasteiger partial charge in [0.2, 0.25) is 0 Å². The molecule has 82 valence electrons. The van der Waals surface area contributed by atoms with Gasteiger partial charge < -0.3 is 5.32 Å². The van der Waals surface area contributed by atoms with Gasteiger partial charge in [0.25, 0.3) is 5.91 Å². The van der Waals surface area contributed by atoms with Gasteiger partial charge in [-0.25, -0.2) is 0 Å². The molecule has 1 aromatic heterocycles. The molecule has 5 heteroatoms. The first-order valence-corrected chi connectivity index (χ1v) is 5.56. The number of benzene rings is 1. The number of carbonyl (C=O) groups is 1. The van der Waals surface area contributed by atoms with Crippen molar-refractivity contribution in [3.8, 4) is 0 Å². The highest BCUT2D eigenvalue weighted by molar-refractivity contribution is 6.99. The average molecular weight is 233 g/mol. The number of amides is 1. The van der Waals surface area contributed by atoms with Crippen molar-refractivity contribution in [2.45, 2.75) is 13.8 Å². The van der Waals surface area contributed by atoms with Crippen LogP contribution < -0.4 is 5.32 Å². The van der Waals surface area contributed by atoms with Crippen molar-refractivity contribution in [3.05, 3.63) is 41.2 Å². The molecule has 1 N–H and O–H groups in total. The highest BCUT2D eigenvalue weighted by atomic mass is 32.1. The Labute approximate surface area is 97.7 Å². The fourth-order valence-electron chi connectivity index (χ4n) is 1.34. The zero-order chi connectivity index (χ0) is 11.5. The third-order valence-corrected chi connectivity index (χ3v) is 2.92. The molecule has 4 nitrogen and oxygen atoms in total. The summed E-state index contributed by atoms with van der Waals surface area (Å²) >= 11 is 1.02. The topological polar surface area (TPSA) is 54.9 Å². The summed E-state index contributed by atoms with van der Waals surface area (Å²) in [5.74, 6) is -0.220. The summed E-state index contributed by atoms with van der Waals surface area (Å²) in [4.78, 5) is 11.7. The van der Waals surface area contributed by atoms with Crippen LogP contribution in [0.15, 0.2) is 24.4 Å². The molecule has 0 bridgehead atoms. The van der Waals surface area contributed by atoms with Crippen LogP contribution in [-0.4, -0.2) is 14.7 Å². The first-order valence-electron chi connectivity index (χ1n) is 4.83. The van der Waals surface area contributed by atoms with Gasteiger partial charge in [-0.3, -0.25) is 4.79 Å². The van der Waals surface area contributed by atoms with Crippen molar-refractivity contribution in [2.75, 3.05) is 5.32 Å². The Hall–Kier alpha value is -1.75. The van der Waals surface area contributed by atoms with Crippen molar-refractivity contribution >= 4 is 23.3 Å². The third kappa shape index (κ3) is 2.09. The second-order valence-electron chi connectivity index (χ2n) is 3.49. The van der Waals surface area contributed by atoms with Crippen molar-refractivity contribution in [1.29, 1.82) is 0 Å². The Kier molecular flexibility index (Phi) is 2.96. The van der Waals surface area contributed by atoms with Crippen LogP contribution in [-0.2, 0) is 0 Å². The van der Waals surface area contributed by atoms with E-state index in [0.29, 0.717) is 5.69 Å². The van der Waals surface area contributed by atoms with Gasteiger partial charge >= 0.3 is 0 Å². The monoisotopic (exact) mass is 233 g/mol. The van der Waals surface area contributed by atoms with E-state index < -0.39 is 0 Å². The molecule has 0 aliphatic heterocycles. The standard InChI is InChI=1S/C11H11N3OS/c1-7-4-3-5-9(8(7)2)13-11(15)10-6-12-16-14-10/h3-6H,1-2H3,(H,13,15). The summed E-state index contributed by atoms with van der Waals surface area (Å²) in [6.07, 6.45) is 1.46. The normalized spacial score (nSPS) is 10.1. The molecular weight excluding hydrogens is 222 g/mol. The van der Waals surface area contributed by atoms with Gasteiger partial charge in [0, 0.05) is 5.69 Å². The summed E-state index contributed by atoms with van der Waals surface area (Å²) in [5.41, 5.74) is 3.39. The summed E-state index contributed by atoms with van der Waals surface area (Å²) in [6, 6.07) is 5.80. The number of aryl methyl sites for hydroxylation is 1. The number of hydrogen-bond acceptors (Lipinski definition) is 4. The molecule has 0 aliphatic carbocycles. The third-order valence-electron chi connectivity index (χ3n) is 2.45. The van der Waals surface area contributed by atoms with Crippen LogP contribution in [0.25, 0.3) is 0 Å². The van der Waals surface area contributed by atoms with Gasteiger partial charge in [0.05, 0.1) is 17.9 Å². The van der Waals surface area contributed by atoms with E-state index >= 15 is 0 Å². The second kappa shape index (κ2) is 4.40. The lowest BCUT2D eigenvalue weighted by Crippen LogP contribution is -2.13. The molecule has 0 spiro atoms. The molecule has 0 radical (unpaired) electrons. The van der Waals surface area contributed by atoms with Gasteiger partial charge in [0.15, 0.2) is 5.69 Å². The van der Waals surface area contributed by atoms with E-state index in [-0.39, 0.29) is 5.91 Å². The maximum Gasteiger partial charge on any atom is 0.277 e. The Morgan fingerprint density at radius 2 is 2.19 bits per heavy atom. The van der Waals surface area contributed by atoms with Gasteiger partial charge in [-0.2, -0.15) is 8.75 Å². The molecule has 1 amide bonds. The molecule has 1 aromatic carbocycles. The van der Waals surface area contributed by atoms with Crippen molar-refractivity contribution in [2.24, 2.45) is 0 Å². The summed E-state index contributed by atoms with van der Waals surface area (Å²) in [6.45, 7) is 3.99. The van der Waals surface area contributed by atoms with Crippen LogP contribution in [0.2, 0.25) is 0 Å². The first kappa shape index (κ1) is 10.8. The quantitative estimate of drug-likeness (QED) is 0.866. The minimum Gasteiger partial charge on any atom is -0.320 e. The molecule has 2 aromatic rings. The second-order valence-corrected chi connectivity index (χ2v) is 4.05. The van der Waals surface area contributed by atoms with Crippen molar-refractivity contribution < 1.29 is 4.79 Å². The minimum absolute atomic E-state index is 0.220. The van der Waals surface area contributed by atoms with Crippen LogP contribution in [0.3, 0.4) is 0 Å². The van der Waals surface area contributed by atoms with E-state index in [1.165, 1.54) is 6.20 Å². The molecule has 0 fully saturated rings. The van der Waals surface area contributed by atoms with Gasteiger partial charge in [0.1, 0.15) is 0 Å². The number of nitrogens with zero attached hydrogens (tertiary/aromatic N) is 2. The largest absolute Gasteiger partial charge is 0.320 e. The van der Waals surface area contributed by atoms with E-state index in [9.17, 15) is 4.79 Å². The van der Waals surface area contributed by atoms with Gasteiger partial charge in [-0.15, -0.1) is 0 Å². The number of aromatic nitrogens is 2. The molecular formula is C11H11N3OS. The molecule has 0 saturated carbocycles. The minimum atomic E-state index is -0.220. The predicted molar refractivity (Wildman–Crippen MR) is 63.8 cm³/mol. The molecule has 0 aliphatic rings. The van der Waals surface area contributed by atoms with Crippen LogP contribution >= 0.6 is 11.7 Å². The van der Waals surface area contributed by atoms with E-state index in [0.717, 1.165) is 28.5 Å². The molecule has 0 saturated heterocycles. The number of anilines is 1. The maximum absolute atomic E-state index is 11.7. The number of rotatable bonds is 2. The maximum atomic E-state index is 11.7. The predicted octanol–water partition coefficient (Wildman–Crippen LogP) is 2.41. The first-order chi connectivity index (χ1) is 7.68. The average Bonchev–Trinajstić information content (AvgIpc) is 2.78. The lowest BCUT2D eigenvalue weighted by Gasteiger charge is -2.08. The fourth-order valence-corrected chi connectivity index (χ4v) is 1.75. The van der Waals surface area contributed by atoms with Gasteiger partial charge in [-0.1, -0.05) is 12.1 Å². The molecule has 0 atom stereocenters. The SMILES string of the molecule is Cc1cccc(NC(=O)c2cnsn2)c1C. The van der Waals surface area contributed by atoms with Gasteiger partial charge in [-0.05, 0) is 31.0 Å². The molecule has 1 heterocycles. The number of carbonyl (C=O) groups excluding carboxylic acids is 1. The Morgan fingerprint density at radius 3 is 2.88 bits per heavy atom. The lowest BCUT2D eigenvalue weighted by molar-refractivity contribution is 0.102. The molecule has 16 heavy (non-hydrogen) atoms. The lowest BCUT2D eigenvalue weighted by atomic mass is 10.1.